The van der Waals surface area contributed by atoms with Crippen molar-refractivity contribution in [2.45, 2.75) is 13.5 Å². The molecule has 1 amide bonds. The van der Waals surface area contributed by atoms with Crippen LogP contribution in [-0.2, 0) is 6.54 Å². The van der Waals surface area contributed by atoms with E-state index in [1.54, 1.807) is 23.5 Å². The Morgan fingerprint density at radius 2 is 1.88 bits per heavy atom. The summed E-state index contributed by atoms with van der Waals surface area (Å²) in [6.45, 7) is 4.45. The Bertz CT molecular complexity index is 654. The minimum absolute atomic E-state index is 0.144. The number of phenols is 1. The van der Waals surface area contributed by atoms with Gasteiger partial charge in [0, 0.05) is 25.2 Å². The Labute approximate surface area is 145 Å². The van der Waals surface area contributed by atoms with E-state index >= 15 is 0 Å². The molecule has 24 heavy (non-hydrogen) atoms. The lowest BCUT2D eigenvalue weighted by Crippen LogP contribution is -2.41. The summed E-state index contributed by atoms with van der Waals surface area (Å²) in [4.78, 5) is 16.4. The highest BCUT2D eigenvalue weighted by atomic mass is 32.1. The van der Waals surface area contributed by atoms with E-state index in [0.717, 1.165) is 12.5 Å². The first kappa shape index (κ1) is 17.8. The zero-order valence-electron chi connectivity index (χ0n) is 13.6. The molecule has 0 saturated carbocycles. The number of hydrogen-bond donors (Lipinski definition) is 4. The van der Waals surface area contributed by atoms with Crippen molar-refractivity contribution < 1.29 is 9.90 Å². The number of amides is 1. The molecule has 0 bridgehead atoms. The van der Waals surface area contributed by atoms with Gasteiger partial charge in [-0.25, -0.2) is 4.99 Å². The minimum atomic E-state index is -0.169. The average molecular weight is 346 g/mol. The number of carbonyl (C=O) groups excluding carboxylic acids is 1. The van der Waals surface area contributed by atoms with Gasteiger partial charge in [-0.15, -0.1) is 0 Å². The summed E-state index contributed by atoms with van der Waals surface area (Å²) in [5.41, 5.74) is 1.70. The molecular formula is C17H22N4O2S. The van der Waals surface area contributed by atoms with Gasteiger partial charge in [-0.1, -0.05) is 0 Å². The number of benzene rings is 1. The van der Waals surface area contributed by atoms with Crippen molar-refractivity contribution in [2.24, 2.45) is 4.99 Å². The molecule has 0 radical (unpaired) electrons. The molecule has 0 fully saturated rings. The third-order valence-electron chi connectivity index (χ3n) is 3.18. The highest BCUT2D eigenvalue weighted by Gasteiger charge is 2.04. The molecule has 0 atom stereocenters. The van der Waals surface area contributed by atoms with Crippen molar-refractivity contribution in [1.29, 1.82) is 0 Å². The Morgan fingerprint density at radius 1 is 1.12 bits per heavy atom. The molecule has 1 aromatic heterocycles. The monoisotopic (exact) mass is 346 g/mol. The lowest BCUT2D eigenvalue weighted by Gasteiger charge is -2.11. The second-order valence-corrected chi connectivity index (χ2v) is 5.84. The summed E-state index contributed by atoms with van der Waals surface area (Å²) in [5.74, 6) is 0.699. The normalized spacial score (nSPS) is 11.1. The van der Waals surface area contributed by atoms with Crippen LogP contribution in [0.1, 0.15) is 22.8 Å². The molecule has 2 aromatic rings. The van der Waals surface area contributed by atoms with Crippen LogP contribution in [0.4, 0.5) is 0 Å². The number of phenolic OH excluding ortho intramolecular Hbond substituents is 1. The van der Waals surface area contributed by atoms with E-state index in [2.05, 4.69) is 32.4 Å². The van der Waals surface area contributed by atoms with Gasteiger partial charge >= 0.3 is 0 Å². The summed E-state index contributed by atoms with van der Waals surface area (Å²) in [6, 6.07) is 8.21. The van der Waals surface area contributed by atoms with E-state index in [0.29, 0.717) is 25.2 Å². The van der Waals surface area contributed by atoms with Gasteiger partial charge in [-0.3, -0.25) is 4.79 Å². The Kier molecular flexibility index (Phi) is 7.10. The first-order valence-electron chi connectivity index (χ1n) is 7.79. The predicted molar refractivity (Wildman–Crippen MR) is 97.6 cm³/mol. The molecule has 1 heterocycles. The zero-order chi connectivity index (χ0) is 17.2. The van der Waals surface area contributed by atoms with Crippen LogP contribution >= 0.6 is 11.3 Å². The number of hydrogen-bond acceptors (Lipinski definition) is 4. The number of rotatable bonds is 7. The van der Waals surface area contributed by atoms with Gasteiger partial charge in [-0.2, -0.15) is 11.3 Å². The third kappa shape index (κ3) is 5.92. The Balaban J connectivity index is 1.74. The second kappa shape index (κ2) is 9.57. The summed E-state index contributed by atoms with van der Waals surface area (Å²) in [6.07, 6.45) is 0. The molecule has 0 spiro atoms. The number of carbonyl (C=O) groups is 1. The molecule has 2 rings (SSSR count). The summed E-state index contributed by atoms with van der Waals surface area (Å²) >= 11 is 1.65. The fraction of sp³-hybridized carbons (Fsp3) is 0.294. The first-order valence-corrected chi connectivity index (χ1v) is 8.74. The maximum absolute atomic E-state index is 11.9. The summed E-state index contributed by atoms with van der Waals surface area (Å²) < 4.78 is 0. The van der Waals surface area contributed by atoms with E-state index in [1.165, 1.54) is 17.7 Å². The van der Waals surface area contributed by atoms with Gasteiger partial charge < -0.3 is 21.1 Å². The fourth-order valence-corrected chi connectivity index (χ4v) is 2.63. The lowest BCUT2D eigenvalue weighted by molar-refractivity contribution is 0.0954. The molecule has 6 nitrogen and oxygen atoms in total. The summed E-state index contributed by atoms with van der Waals surface area (Å²) in [5, 5.41) is 22.5. The second-order valence-electron chi connectivity index (χ2n) is 5.06. The molecule has 1 aromatic carbocycles. The van der Waals surface area contributed by atoms with Crippen LogP contribution in [-0.4, -0.2) is 36.6 Å². The quantitative estimate of drug-likeness (QED) is 0.351. The van der Waals surface area contributed by atoms with Crippen LogP contribution in [0.15, 0.2) is 46.1 Å². The van der Waals surface area contributed by atoms with Crippen molar-refractivity contribution in [2.75, 3.05) is 19.6 Å². The molecule has 0 aliphatic carbocycles. The predicted octanol–water partition coefficient (Wildman–Crippen LogP) is 1.94. The number of aromatic hydroxyl groups is 1. The standard InChI is InChI=1S/C17H22N4O2S/c1-2-18-17(21-11-13-7-10-24-12-13)20-9-8-19-16(23)14-3-5-15(22)6-4-14/h3-7,10,12,22H,2,8-9,11H2,1H3,(H,19,23)(H2,18,20,21). The van der Waals surface area contributed by atoms with Crippen molar-refractivity contribution in [1.82, 2.24) is 16.0 Å². The highest BCUT2D eigenvalue weighted by Crippen LogP contribution is 2.09. The van der Waals surface area contributed by atoms with Crippen molar-refractivity contribution in [3.63, 3.8) is 0 Å². The smallest absolute Gasteiger partial charge is 0.251 e. The van der Waals surface area contributed by atoms with Crippen LogP contribution in [0, 0.1) is 0 Å². The molecule has 7 heteroatoms. The van der Waals surface area contributed by atoms with E-state index < -0.39 is 0 Å². The van der Waals surface area contributed by atoms with E-state index in [4.69, 9.17) is 0 Å². The zero-order valence-corrected chi connectivity index (χ0v) is 14.4. The van der Waals surface area contributed by atoms with Gasteiger partial charge in [0.1, 0.15) is 5.75 Å². The van der Waals surface area contributed by atoms with Crippen LogP contribution in [0.2, 0.25) is 0 Å². The molecule has 0 aliphatic rings. The number of guanidine groups is 1. The third-order valence-corrected chi connectivity index (χ3v) is 3.91. The van der Waals surface area contributed by atoms with Gasteiger partial charge in [0.25, 0.3) is 5.91 Å². The van der Waals surface area contributed by atoms with Gasteiger partial charge in [-0.05, 0) is 53.6 Å². The molecule has 0 unspecified atom stereocenters. The average Bonchev–Trinajstić information content (AvgIpc) is 3.10. The Hall–Kier alpha value is -2.54. The molecule has 0 saturated heterocycles. The molecule has 4 N–H and O–H groups in total. The largest absolute Gasteiger partial charge is 0.508 e. The van der Waals surface area contributed by atoms with Gasteiger partial charge in [0.2, 0.25) is 0 Å². The van der Waals surface area contributed by atoms with Crippen LogP contribution in [0.25, 0.3) is 0 Å². The lowest BCUT2D eigenvalue weighted by atomic mass is 10.2. The summed E-state index contributed by atoms with van der Waals surface area (Å²) in [7, 11) is 0. The van der Waals surface area contributed by atoms with Crippen LogP contribution < -0.4 is 16.0 Å². The fourth-order valence-electron chi connectivity index (χ4n) is 1.97. The first-order chi connectivity index (χ1) is 11.7. The number of thiophene rings is 1. The maximum atomic E-state index is 11.9. The van der Waals surface area contributed by atoms with E-state index in [9.17, 15) is 9.90 Å². The van der Waals surface area contributed by atoms with Crippen molar-refractivity contribution in [3.8, 4) is 5.75 Å². The van der Waals surface area contributed by atoms with Gasteiger partial charge in [0.05, 0.1) is 6.54 Å². The molecular weight excluding hydrogens is 324 g/mol. The van der Waals surface area contributed by atoms with Crippen molar-refractivity contribution in [3.05, 3.63) is 52.2 Å². The Morgan fingerprint density at radius 3 is 2.54 bits per heavy atom. The maximum Gasteiger partial charge on any atom is 0.251 e. The van der Waals surface area contributed by atoms with Crippen LogP contribution in [0.5, 0.6) is 5.75 Å². The van der Waals surface area contributed by atoms with Gasteiger partial charge in [0.15, 0.2) is 5.96 Å². The highest BCUT2D eigenvalue weighted by molar-refractivity contribution is 7.07. The minimum Gasteiger partial charge on any atom is -0.508 e. The molecule has 128 valence electrons. The number of nitrogens with zero attached hydrogens (tertiary/aromatic N) is 1. The number of nitrogens with one attached hydrogen (secondary N) is 3. The number of aliphatic imine (C=N–C) groups is 1. The topological polar surface area (TPSA) is 85.8 Å². The SMILES string of the molecule is CCNC(=NCc1ccsc1)NCCNC(=O)c1ccc(O)cc1. The van der Waals surface area contributed by atoms with E-state index in [-0.39, 0.29) is 11.7 Å². The van der Waals surface area contributed by atoms with E-state index in [1.807, 2.05) is 12.3 Å². The molecule has 0 aliphatic heterocycles. The van der Waals surface area contributed by atoms with Crippen LogP contribution in [0.3, 0.4) is 0 Å². The van der Waals surface area contributed by atoms with Crippen molar-refractivity contribution >= 4 is 23.2 Å².